The summed E-state index contributed by atoms with van der Waals surface area (Å²) in [6.07, 6.45) is 40.7. The smallest absolute Gasteiger partial charge is 0.306 e. The highest BCUT2D eigenvalue weighted by Crippen LogP contribution is 2.18. The first-order chi connectivity index (χ1) is 27.7. The molecule has 0 aromatic heterocycles. The van der Waals surface area contributed by atoms with Crippen molar-refractivity contribution < 1.29 is 28.6 Å². The number of hydrogen-bond acceptors (Lipinski definition) is 6. The first-order valence-corrected chi connectivity index (χ1v) is 25.2. The maximum Gasteiger partial charge on any atom is 0.306 e. The molecule has 0 N–H and O–H groups in total. The van der Waals surface area contributed by atoms with Gasteiger partial charge in [0.2, 0.25) is 0 Å². The fourth-order valence-electron chi connectivity index (χ4n) is 7.52. The first kappa shape index (κ1) is 55.4. The summed E-state index contributed by atoms with van der Waals surface area (Å²) in [6, 6.07) is 0. The molecular formula is C51H98O6. The third-order valence-electron chi connectivity index (χ3n) is 12.1. The molecule has 3 atom stereocenters. The van der Waals surface area contributed by atoms with Crippen molar-refractivity contribution in [1.82, 2.24) is 0 Å². The fourth-order valence-corrected chi connectivity index (χ4v) is 7.52. The van der Waals surface area contributed by atoms with E-state index in [0.29, 0.717) is 19.3 Å². The summed E-state index contributed by atoms with van der Waals surface area (Å²) in [4.78, 5) is 37.9. The van der Waals surface area contributed by atoms with Crippen molar-refractivity contribution in [1.29, 1.82) is 0 Å². The van der Waals surface area contributed by atoms with Gasteiger partial charge in [-0.05, 0) is 37.0 Å². The molecule has 0 saturated heterocycles. The largest absolute Gasteiger partial charge is 0.462 e. The van der Waals surface area contributed by atoms with Gasteiger partial charge in [0.25, 0.3) is 0 Å². The van der Waals surface area contributed by atoms with Crippen LogP contribution in [0.3, 0.4) is 0 Å². The molecule has 338 valence electrons. The lowest BCUT2D eigenvalue weighted by Gasteiger charge is -2.18. The maximum atomic E-state index is 12.8. The average Bonchev–Trinajstić information content (AvgIpc) is 3.19. The lowest BCUT2D eigenvalue weighted by atomic mass is 9.99. The number of carbonyl (C=O) groups is 3. The van der Waals surface area contributed by atoms with Gasteiger partial charge in [-0.15, -0.1) is 0 Å². The van der Waals surface area contributed by atoms with E-state index in [2.05, 4.69) is 41.5 Å². The predicted molar refractivity (Wildman–Crippen MR) is 243 cm³/mol. The van der Waals surface area contributed by atoms with Gasteiger partial charge in [-0.25, -0.2) is 0 Å². The summed E-state index contributed by atoms with van der Waals surface area (Å²) in [5.74, 6) is 1.68. The fraction of sp³-hybridized carbons (Fsp3) is 0.941. The van der Waals surface area contributed by atoms with Gasteiger partial charge in [-0.3, -0.25) is 14.4 Å². The molecule has 0 aliphatic rings. The Bertz CT molecular complexity index is 887. The topological polar surface area (TPSA) is 78.9 Å². The molecule has 0 aromatic carbocycles. The lowest BCUT2D eigenvalue weighted by Crippen LogP contribution is -2.30. The van der Waals surface area contributed by atoms with Gasteiger partial charge in [0.1, 0.15) is 13.2 Å². The summed E-state index contributed by atoms with van der Waals surface area (Å²) in [7, 11) is 0. The van der Waals surface area contributed by atoms with Crippen LogP contribution in [0, 0.1) is 17.8 Å². The number of carbonyl (C=O) groups excluding carboxylic acids is 3. The number of unbranched alkanes of at least 4 members (excludes halogenated alkanes) is 25. The van der Waals surface area contributed by atoms with Crippen LogP contribution < -0.4 is 0 Å². The molecule has 57 heavy (non-hydrogen) atoms. The van der Waals surface area contributed by atoms with Crippen LogP contribution in [-0.4, -0.2) is 37.2 Å². The monoisotopic (exact) mass is 807 g/mol. The van der Waals surface area contributed by atoms with Crippen molar-refractivity contribution >= 4 is 17.9 Å². The van der Waals surface area contributed by atoms with Crippen molar-refractivity contribution in [3.8, 4) is 0 Å². The Morgan fingerprint density at radius 1 is 0.351 bits per heavy atom. The summed E-state index contributed by atoms with van der Waals surface area (Å²) in [5, 5.41) is 0. The molecule has 0 rings (SSSR count). The van der Waals surface area contributed by atoms with Crippen LogP contribution in [0.5, 0.6) is 0 Å². The van der Waals surface area contributed by atoms with Crippen LogP contribution >= 0.6 is 0 Å². The number of esters is 3. The lowest BCUT2D eigenvalue weighted by molar-refractivity contribution is -0.167. The maximum absolute atomic E-state index is 12.8. The first-order valence-electron chi connectivity index (χ1n) is 25.2. The third-order valence-corrected chi connectivity index (χ3v) is 12.1. The Morgan fingerprint density at radius 3 is 0.912 bits per heavy atom. The molecule has 0 aliphatic heterocycles. The highest BCUT2D eigenvalue weighted by molar-refractivity contribution is 5.71. The molecule has 2 unspecified atom stereocenters. The zero-order valence-electron chi connectivity index (χ0n) is 39.1. The van der Waals surface area contributed by atoms with Crippen LogP contribution in [-0.2, 0) is 28.6 Å². The standard InChI is InChI=1S/C51H98O6/c1-7-46(5)38-32-26-20-14-10-12-16-24-30-36-42-51(54)57-48(44-56-50(53)41-35-29-23-18-17-21-27-33-39-47(6)8-2)43-55-49(52)40-34-28-22-15-11-9-13-19-25-31-37-45(3)4/h45-48H,7-44H2,1-6H3/t46?,47?,48-/m0/s1. The van der Waals surface area contributed by atoms with Gasteiger partial charge < -0.3 is 14.2 Å². The van der Waals surface area contributed by atoms with Crippen LogP contribution in [0.2, 0.25) is 0 Å². The second kappa shape index (κ2) is 42.5. The van der Waals surface area contributed by atoms with Gasteiger partial charge >= 0.3 is 17.9 Å². The van der Waals surface area contributed by atoms with Crippen molar-refractivity contribution in [3.63, 3.8) is 0 Å². The zero-order valence-corrected chi connectivity index (χ0v) is 39.1. The van der Waals surface area contributed by atoms with Gasteiger partial charge in [-0.1, -0.05) is 234 Å². The Balaban J connectivity index is 4.35. The summed E-state index contributed by atoms with van der Waals surface area (Å²) in [5.41, 5.74) is 0. The molecule has 0 aromatic rings. The molecule has 0 fully saturated rings. The van der Waals surface area contributed by atoms with Gasteiger partial charge in [0.15, 0.2) is 6.10 Å². The molecule has 0 spiro atoms. The quantitative estimate of drug-likeness (QED) is 0.0347. The second-order valence-electron chi connectivity index (χ2n) is 18.4. The summed E-state index contributed by atoms with van der Waals surface area (Å²) in [6.45, 7) is 13.7. The minimum Gasteiger partial charge on any atom is -0.462 e. The molecule has 0 heterocycles. The van der Waals surface area contributed by atoms with Crippen LogP contribution in [0.25, 0.3) is 0 Å². The highest BCUT2D eigenvalue weighted by Gasteiger charge is 2.19. The van der Waals surface area contributed by atoms with Gasteiger partial charge in [0, 0.05) is 19.3 Å². The van der Waals surface area contributed by atoms with E-state index in [1.54, 1.807) is 0 Å². The van der Waals surface area contributed by atoms with E-state index >= 15 is 0 Å². The van der Waals surface area contributed by atoms with E-state index in [1.807, 2.05) is 0 Å². The normalized spacial score (nSPS) is 13.1. The Labute approximate surface area is 355 Å². The summed E-state index contributed by atoms with van der Waals surface area (Å²) >= 11 is 0. The predicted octanol–water partition coefficient (Wildman–Crippen LogP) is 16.0. The Kier molecular flexibility index (Phi) is 41.3. The zero-order chi connectivity index (χ0) is 42.0. The number of ether oxygens (including phenoxy) is 3. The van der Waals surface area contributed by atoms with Crippen molar-refractivity contribution in [2.75, 3.05) is 13.2 Å². The van der Waals surface area contributed by atoms with Gasteiger partial charge in [-0.2, -0.15) is 0 Å². The molecule has 0 radical (unpaired) electrons. The minimum atomic E-state index is -0.763. The van der Waals surface area contributed by atoms with Crippen molar-refractivity contribution in [2.45, 2.75) is 279 Å². The molecule has 0 bridgehead atoms. The third kappa shape index (κ3) is 42.3. The van der Waals surface area contributed by atoms with Crippen molar-refractivity contribution in [3.05, 3.63) is 0 Å². The van der Waals surface area contributed by atoms with E-state index in [0.717, 1.165) is 75.5 Å². The van der Waals surface area contributed by atoms with Gasteiger partial charge in [0.05, 0.1) is 0 Å². The van der Waals surface area contributed by atoms with E-state index in [1.165, 1.54) is 154 Å². The van der Waals surface area contributed by atoms with Crippen LogP contribution in [0.15, 0.2) is 0 Å². The second-order valence-corrected chi connectivity index (χ2v) is 18.4. The Morgan fingerprint density at radius 2 is 0.614 bits per heavy atom. The van der Waals surface area contributed by atoms with E-state index in [4.69, 9.17) is 14.2 Å². The van der Waals surface area contributed by atoms with Crippen LogP contribution in [0.4, 0.5) is 0 Å². The molecule has 6 heteroatoms. The highest BCUT2D eigenvalue weighted by atomic mass is 16.6. The molecular weight excluding hydrogens is 709 g/mol. The van der Waals surface area contributed by atoms with Crippen molar-refractivity contribution in [2.24, 2.45) is 17.8 Å². The number of rotatable bonds is 44. The minimum absolute atomic E-state index is 0.0655. The number of hydrogen-bond donors (Lipinski definition) is 0. The molecule has 0 aliphatic carbocycles. The van der Waals surface area contributed by atoms with E-state index in [-0.39, 0.29) is 31.1 Å². The van der Waals surface area contributed by atoms with E-state index < -0.39 is 6.10 Å². The van der Waals surface area contributed by atoms with E-state index in [9.17, 15) is 14.4 Å². The molecule has 0 amide bonds. The average molecular weight is 807 g/mol. The molecule has 0 saturated carbocycles. The van der Waals surface area contributed by atoms with Crippen LogP contribution in [0.1, 0.15) is 273 Å². The molecule has 6 nitrogen and oxygen atoms in total. The SMILES string of the molecule is CCC(C)CCCCCCCCCCCCC(=O)O[C@@H](COC(=O)CCCCCCCCCCCCC(C)C)COC(=O)CCCCCCCCCCC(C)CC. The Hall–Kier alpha value is -1.59. The summed E-state index contributed by atoms with van der Waals surface area (Å²) < 4.78 is 16.8.